The molecule has 4 rings (SSSR count). The molecular formula is C21H25N3O2S. The molecule has 0 aliphatic carbocycles. The van der Waals surface area contributed by atoms with Crippen molar-refractivity contribution in [1.82, 2.24) is 4.90 Å². The van der Waals surface area contributed by atoms with Crippen LogP contribution in [0.2, 0.25) is 0 Å². The second-order valence-electron chi connectivity index (χ2n) is 7.23. The van der Waals surface area contributed by atoms with E-state index in [0.29, 0.717) is 23.4 Å². The first-order valence-corrected chi connectivity index (χ1v) is 10.7. The van der Waals surface area contributed by atoms with E-state index in [1.807, 2.05) is 35.0 Å². The van der Waals surface area contributed by atoms with Gasteiger partial charge in [0.2, 0.25) is 5.91 Å². The molecule has 3 heterocycles. The van der Waals surface area contributed by atoms with Gasteiger partial charge in [0, 0.05) is 17.2 Å². The van der Waals surface area contributed by atoms with Crippen molar-refractivity contribution in [3.05, 3.63) is 40.6 Å². The normalized spacial score (nSPS) is 17.5. The molecule has 1 aromatic heterocycles. The van der Waals surface area contributed by atoms with Crippen LogP contribution in [-0.2, 0) is 4.79 Å². The molecule has 2 aliphatic rings. The van der Waals surface area contributed by atoms with E-state index in [1.165, 1.54) is 37.0 Å². The third-order valence-electron chi connectivity index (χ3n) is 5.33. The summed E-state index contributed by atoms with van der Waals surface area (Å²) in [6.07, 6.45) is 6.50. The molecular weight excluding hydrogens is 358 g/mol. The second-order valence-corrected chi connectivity index (χ2v) is 7.97. The number of hydrogen-bond donors (Lipinski definition) is 1. The van der Waals surface area contributed by atoms with E-state index in [2.05, 4.69) is 10.2 Å². The Balaban J connectivity index is 1.51. The third-order valence-corrected chi connectivity index (χ3v) is 6.06. The molecule has 0 bridgehead atoms. The number of thiophene rings is 1. The van der Waals surface area contributed by atoms with Gasteiger partial charge < -0.3 is 10.2 Å². The van der Waals surface area contributed by atoms with Crippen molar-refractivity contribution in [2.24, 2.45) is 0 Å². The van der Waals surface area contributed by atoms with Crippen LogP contribution >= 0.6 is 11.3 Å². The first-order chi connectivity index (χ1) is 13.2. The predicted octanol–water partition coefficient (Wildman–Crippen LogP) is 4.63. The average molecular weight is 384 g/mol. The van der Waals surface area contributed by atoms with Crippen molar-refractivity contribution >= 4 is 40.2 Å². The summed E-state index contributed by atoms with van der Waals surface area (Å²) in [5, 5.41) is 6.64. The van der Waals surface area contributed by atoms with Gasteiger partial charge in [-0.25, -0.2) is 0 Å². The lowest BCUT2D eigenvalue weighted by Gasteiger charge is -2.24. The number of carbonyl (C=O) groups is 2. The van der Waals surface area contributed by atoms with Crippen LogP contribution in [0.5, 0.6) is 0 Å². The molecule has 0 saturated carbocycles. The van der Waals surface area contributed by atoms with Gasteiger partial charge in [-0.1, -0.05) is 25.0 Å². The number of carbonyl (C=O) groups excluding carboxylic acids is 2. The fourth-order valence-corrected chi connectivity index (χ4v) is 4.71. The zero-order chi connectivity index (χ0) is 18.6. The SMILES string of the molecule is O=C1Nc2ccccc2N(C(=O)CCCN2CCCCCC2)c2cscc21. The van der Waals surface area contributed by atoms with Gasteiger partial charge in [-0.15, -0.1) is 11.3 Å². The number of amides is 2. The maximum Gasteiger partial charge on any atom is 0.258 e. The van der Waals surface area contributed by atoms with Crippen molar-refractivity contribution in [1.29, 1.82) is 0 Å². The number of anilines is 3. The highest BCUT2D eigenvalue weighted by atomic mass is 32.1. The summed E-state index contributed by atoms with van der Waals surface area (Å²) in [4.78, 5) is 29.9. The standard InChI is InChI=1S/C21H25N3O2S/c25-20(10-7-13-23-11-5-1-2-6-12-23)24-18-9-4-3-8-17(18)22-21(26)16-14-27-15-19(16)24/h3-4,8-9,14-15H,1-2,5-7,10-13H2,(H,22,26). The first-order valence-electron chi connectivity index (χ1n) is 9.76. The summed E-state index contributed by atoms with van der Waals surface area (Å²) >= 11 is 1.45. The second kappa shape index (κ2) is 8.23. The Hall–Kier alpha value is -2.18. The Labute approximate surface area is 164 Å². The van der Waals surface area contributed by atoms with Crippen LogP contribution in [0.3, 0.4) is 0 Å². The molecule has 2 aromatic rings. The fourth-order valence-electron chi connectivity index (χ4n) is 3.92. The molecule has 0 radical (unpaired) electrons. The number of nitrogens with zero attached hydrogens (tertiary/aromatic N) is 2. The van der Waals surface area contributed by atoms with Gasteiger partial charge in [-0.05, 0) is 51.0 Å². The summed E-state index contributed by atoms with van der Waals surface area (Å²) in [7, 11) is 0. The molecule has 1 fully saturated rings. The minimum absolute atomic E-state index is 0.0495. The Bertz CT molecular complexity index is 824. The molecule has 1 N–H and O–H groups in total. The number of likely N-dealkylation sites (tertiary alicyclic amines) is 1. The lowest BCUT2D eigenvalue weighted by Crippen LogP contribution is -2.29. The molecule has 142 valence electrons. The van der Waals surface area contributed by atoms with Crippen LogP contribution in [0.4, 0.5) is 17.1 Å². The van der Waals surface area contributed by atoms with E-state index in [-0.39, 0.29) is 11.8 Å². The number of para-hydroxylation sites is 2. The summed E-state index contributed by atoms with van der Waals surface area (Å²) < 4.78 is 0. The largest absolute Gasteiger partial charge is 0.320 e. The van der Waals surface area contributed by atoms with E-state index in [4.69, 9.17) is 0 Å². The number of hydrogen-bond acceptors (Lipinski definition) is 4. The summed E-state index contributed by atoms with van der Waals surface area (Å²) in [6.45, 7) is 3.26. The quantitative estimate of drug-likeness (QED) is 0.837. The zero-order valence-corrected chi connectivity index (χ0v) is 16.3. The van der Waals surface area contributed by atoms with Gasteiger partial charge in [0.05, 0.1) is 22.6 Å². The highest BCUT2D eigenvalue weighted by Crippen LogP contribution is 2.39. The molecule has 5 nitrogen and oxygen atoms in total. The van der Waals surface area contributed by atoms with Crippen LogP contribution < -0.4 is 10.2 Å². The summed E-state index contributed by atoms with van der Waals surface area (Å²) in [5.74, 6) is -0.105. The van der Waals surface area contributed by atoms with Gasteiger partial charge in [-0.2, -0.15) is 0 Å². The highest BCUT2D eigenvalue weighted by molar-refractivity contribution is 7.08. The van der Waals surface area contributed by atoms with Crippen molar-refractivity contribution in [3.63, 3.8) is 0 Å². The van der Waals surface area contributed by atoms with Crippen LogP contribution in [0.1, 0.15) is 48.9 Å². The van der Waals surface area contributed by atoms with Gasteiger partial charge in [0.1, 0.15) is 0 Å². The number of rotatable bonds is 4. The fraction of sp³-hybridized carbons (Fsp3) is 0.429. The minimum Gasteiger partial charge on any atom is -0.320 e. The number of fused-ring (bicyclic) bond motifs is 2. The van der Waals surface area contributed by atoms with Gasteiger partial charge >= 0.3 is 0 Å². The first kappa shape index (κ1) is 18.2. The van der Waals surface area contributed by atoms with Crippen molar-refractivity contribution in [2.75, 3.05) is 29.9 Å². The van der Waals surface area contributed by atoms with E-state index in [9.17, 15) is 9.59 Å². The van der Waals surface area contributed by atoms with Crippen LogP contribution in [0.15, 0.2) is 35.0 Å². The van der Waals surface area contributed by atoms with Gasteiger partial charge in [-0.3, -0.25) is 14.5 Å². The van der Waals surface area contributed by atoms with Crippen LogP contribution in [0.25, 0.3) is 0 Å². The van der Waals surface area contributed by atoms with Crippen molar-refractivity contribution < 1.29 is 9.59 Å². The average Bonchev–Trinajstić information content (AvgIpc) is 2.94. The molecule has 2 amide bonds. The molecule has 1 aromatic carbocycles. The molecule has 1 saturated heterocycles. The van der Waals surface area contributed by atoms with E-state index in [1.54, 1.807) is 4.90 Å². The smallest absolute Gasteiger partial charge is 0.258 e. The molecule has 6 heteroatoms. The highest BCUT2D eigenvalue weighted by Gasteiger charge is 2.29. The Morgan fingerprint density at radius 2 is 1.81 bits per heavy atom. The Kier molecular flexibility index (Phi) is 5.55. The minimum atomic E-state index is -0.154. The number of benzene rings is 1. The molecule has 0 spiro atoms. The van der Waals surface area contributed by atoms with E-state index in [0.717, 1.165) is 31.7 Å². The van der Waals surface area contributed by atoms with E-state index < -0.39 is 0 Å². The third kappa shape index (κ3) is 3.92. The molecule has 0 atom stereocenters. The molecule has 2 aliphatic heterocycles. The maximum atomic E-state index is 13.2. The van der Waals surface area contributed by atoms with Crippen LogP contribution in [-0.4, -0.2) is 36.3 Å². The van der Waals surface area contributed by atoms with E-state index >= 15 is 0 Å². The lowest BCUT2D eigenvalue weighted by molar-refractivity contribution is -0.118. The Morgan fingerprint density at radius 1 is 1.04 bits per heavy atom. The molecule has 27 heavy (non-hydrogen) atoms. The topological polar surface area (TPSA) is 52.7 Å². The molecule has 0 unspecified atom stereocenters. The van der Waals surface area contributed by atoms with Gasteiger partial charge in [0.25, 0.3) is 5.91 Å². The summed E-state index contributed by atoms with van der Waals surface area (Å²) in [5.41, 5.74) is 2.70. The number of nitrogens with one attached hydrogen (secondary N) is 1. The zero-order valence-electron chi connectivity index (χ0n) is 15.4. The van der Waals surface area contributed by atoms with Gasteiger partial charge in [0.15, 0.2) is 0 Å². The Morgan fingerprint density at radius 3 is 2.63 bits per heavy atom. The van der Waals surface area contributed by atoms with Crippen LogP contribution in [0, 0.1) is 0 Å². The van der Waals surface area contributed by atoms with Crippen molar-refractivity contribution in [3.8, 4) is 0 Å². The predicted molar refractivity (Wildman–Crippen MR) is 110 cm³/mol. The van der Waals surface area contributed by atoms with Crippen molar-refractivity contribution in [2.45, 2.75) is 38.5 Å². The maximum absolute atomic E-state index is 13.2. The summed E-state index contributed by atoms with van der Waals surface area (Å²) in [6, 6.07) is 7.52. The monoisotopic (exact) mass is 383 g/mol. The lowest BCUT2D eigenvalue weighted by atomic mass is 10.2.